The summed E-state index contributed by atoms with van der Waals surface area (Å²) in [5.41, 5.74) is 0.956. The lowest BCUT2D eigenvalue weighted by molar-refractivity contribution is -0.123. The van der Waals surface area contributed by atoms with Gasteiger partial charge in [-0.05, 0) is 12.1 Å². The van der Waals surface area contributed by atoms with E-state index in [1.54, 1.807) is 0 Å². The number of carbonyl (C=O) groups excluding carboxylic acids is 1. The number of carbonyl (C=O) groups is 1. The highest BCUT2D eigenvalue weighted by molar-refractivity contribution is 5.81. The number of hydrogen-bond donors (Lipinski definition) is 2. The van der Waals surface area contributed by atoms with Gasteiger partial charge in [0.05, 0.1) is 25.8 Å². The molecule has 4 heteroatoms. The molecule has 0 aromatic heterocycles. The van der Waals surface area contributed by atoms with E-state index in [0.717, 1.165) is 5.69 Å². The van der Waals surface area contributed by atoms with Gasteiger partial charge in [-0.2, -0.15) is 0 Å². The van der Waals surface area contributed by atoms with Crippen LogP contribution in [0.3, 0.4) is 0 Å². The lowest BCUT2D eigenvalue weighted by atomic mass is 10.2. The van der Waals surface area contributed by atoms with Gasteiger partial charge in [-0.15, -0.1) is 0 Å². The number of anilines is 1. The molecule has 0 saturated carbocycles. The standard InChI is InChI=1S/C11H14N2O2/c14-11(13-10-7-15-8-10)6-12-9-4-2-1-3-5-9/h1-5,10,12H,6-8H2,(H,13,14). The van der Waals surface area contributed by atoms with Crippen LogP contribution in [0, 0.1) is 0 Å². The van der Waals surface area contributed by atoms with E-state index in [4.69, 9.17) is 4.74 Å². The van der Waals surface area contributed by atoms with Crippen LogP contribution in [0.4, 0.5) is 5.69 Å². The molecule has 0 radical (unpaired) electrons. The van der Waals surface area contributed by atoms with Crippen molar-refractivity contribution >= 4 is 11.6 Å². The van der Waals surface area contributed by atoms with Gasteiger partial charge < -0.3 is 15.4 Å². The first-order valence-electron chi connectivity index (χ1n) is 5.00. The quantitative estimate of drug-likeness (QED) is 0.759. The van der Waals surface area contributed by atoms with Crippen LogP contribution in [-0.4, -0.2) is 31.7 Å². The number of amides is 1. The van der Waals surface area contributed by atoms with Crippen LogP contribution in [0.5, 0.6) is 0 Å². The van der Waals surface area contributed by atoms with Crippen LogP contribution < -0.4 is 10.6 Å². The predicted octanol–water partition coefficient (Wildman–Crippen LogP) is 0.613. The molecule has 4 nitrogen and oxygen atoms in total. The molecule has 1 aromatic rings. The Morgan fingerprint density at radius 1 is 1.33 bits per heavy atom. The molecule has 2 N–H and O–H groups in total. The fourth-order valence-corrected chi connectivity index (χ4v) is 1.34. The number of para-hydroxylation sites is 1. The molecule has 0 aliphatic carbocycles. The van der Waals surface area contributed by atoms with Gasteiger partial charge in [-0.3, -0.25) is 4.79 Å². The van der Waals surface area contributed by atoms with Gasteiger partial charge in [0.15, 0.2) is 0 Å². The minimum atomic E-state index is 0.00662. The van der Waals surface area contributed by atoms with E-state index < -0.39 is 0 Å². The Bertz CT molecular complexity index is 323. The van der Waals surface area contributed by atoms with E-state index in [0.29, 0.717) is 19.8 Å². The Hall–Kier alpha value is -1.55. The minimum absolute atomic E-state index is 0.00662. The van der Waals surface area contributed by atoms with Crippen molar-refractivity contribution in [2.24, 2.45) is 0 Å². The summed E-state index contributed by atoms with van der Waals surface area (Å²) in [5, 5.41) is 5.91. The van der Waals surface area contributed by atoms with Crippen molar-refractivity contribution in [1.29, 1.82) is 0 Å². The third-order valence-corrected chi connectivity index (χ3v) is 2.23. The van der Waals surface area contributed by atoms with Crippen LogP contribution in [0.15, 0.2) is 30.3 Å². The Kier molecular flexibility index (Phi) is 3.19. The van der Waals surface area contributed by atoms with E-state index >= 15 is 0 Å². The highest BCUT2D eigenvalue weighted by Crippen LogP contribution is 2.04. The molecule has 1 fully saturated rings. The minimum Gasteiger partial charge on any atom is -0.377 e. The topological polar surface area (TPSA) is 50.4 Å². The molecule has 0 bridgehead atoms. The summed E-state index contributed by atoms with van der Waals surface area (Å²) in [4.78, 5) is 11.4. The number of hydrogen-bond acceptors (Lipinski definition) is 3. The molecule has 0 spiro atoms. The fraction of sp³-hybridized carbons (Fsp3) is 0.364. The zero-order valence-corrected chi connectivity index (χ0v) is 8.40. The molecular weight excluding hydrogens is 192 g/mol. The van der Waals surface area contributed by atoms with Crippen molar-refractivity contribution in [3.63, 3.8) is 0 Å². The molecule has 1 aliphatic heterocycles. The molecule has 1 heterocycles. The highest BCUT2D eigenvalue weighted by atomic mass is 16.5. The van der Waals surface area contributed by atoms with Gasteiger partial charge in [0.25, 0.3) is 0 Å². The predicted molar refractivity (Wildman–Crippen MR) is 57.7 cm³/mol. The molecule has 1 saturated heterocycles. The maximum Gasteiger partial charge on any atom is 0.239 e. The summed E-state index contributed by atoms with van der Waals surface area (Å²) in [6.45, 7) is 1.58. The number of benzene rings is 1. The summed E-state index contributed by atoms with van der Waals surface area (Å²) in [6.07, 6.45) is 0. The maximum absolute atomic E-state index is 11.4. The average molecular weight is 206 g/mol. The molecule has 15 heavy (non-hydrogen) atoms. The summed E-state index contributed by atoms with van der Waals surface area (Å²) in [7, 11) is 0. The van der Waals surface area contributed by atoms with Gasteiger partial charge in [-0.25, -0.2) is 0 Å². The summed E-state index contributed by atoms with van der Waals surface area (Å²) in [6, 6.07) is 9.87. The van der Waals surface area contributed by atoms with E-state index in [9.17, 15) is 4.79 Å². The van der Waals surface area contributed by atoms with Gasteiger partial charge in [0.2, 0.25) is 5.91 Å². The monoisotopic (exact) mass is 206 g/mol. The number of rotatable bonds is 4. The average Bonchev–Trinajstić information content (AvgIpc) is 2.22. The second-order valence-electron chi connectivity index (χ2n) is 3.52. The fourth-order valence-electron chi connectivity index (χ4n) is 1.34. The zero-order valence-electron chi connectivity index (χ0n) is 8.40. The van der Waals surface area contributed by atoms with E-state index in [1.807, 2.05) is 30.3 Å². The highest BCUT2D eigenvalue weighted by Gasteiger charge is 2.19. The summed E-state index contributed by atoms with van der Waals surface area (Å²) >= 11 is 0. The van der Waals surface area contributed by atoms with Crippen LogP contribution in [0.2, 0.25) is 0 Å². The van der Waals surface area contributed by atoms with Gasteiger partial charge in [0.1, 0.15) is 0 Å². The molecule has 0 atom stereocenters. The van der Waals surface area contributed by atoms with E-state index in [-0.39, 0.29) is 11.9 Å². The Labute approximate surface area is 88.6 Å². The van der Waals surface area contributed by atoms with Crippen molar-refractivity contribution < 1.29 is 9.53 Å². The van der Waals surface area contributed by atoms with Crippen LogP contribution in [0.25, 0.3) is 0 Å². The molecule has 0 unspecified atom stereocenters. The third kappa shape index (κ3) is 2.95. The summed E-state index contributed by atoms with van der Waals surface area (Å²) in [5.74, 6) is 0.00662. The van der Waals surface area contributed by atoms with Crippen molar-refractivity contribution in [1.82, 2.24) is 5.32 Å². The van der Waals surface area contributed by atoms with Gasteiger partial charge >= 0.3 is 0 Å². The summed E-state index contributed by atoms with van der Waals surface area (Å²) < 4.78 is 4.96. The SMILES string of the molecule is O=C(CNc1ccccc1)NC1COC1. The van der Waals surface area contributed by atoms with Gasteiger partial charge in [0, 0.05) is 5.69 Å². The van der Waals surface area contributed by atoms with Crippen LogP contribution >= 0.6 is 0 Å². The van der Waals surface area contributed by atoms with Crippen molar-refractivity contribution in [3.8, 4) is 0 Å². The van der Waals surface area contributed by atoms with Gasteiger partial charge in [-0.1, -0.05) is 18.2 Å². The molecule has 2 rings (SSSR count). The zero-order chi connectivity index (χ0) is 10.5. The van der Waals surface area contributed by atoms with E-state index in [2.05, 4.69) is 10.6 Å². The molecular formula is C11H14N2O2. The Balaban J connectivity index is 1.71. The Morgan fingerprint density at radius 2 is 2.07 bits per heavy atom. The van der Waals surface area contributed by atoms with Crippen molar-refractivity contribution in [2.75, 3.05) is 25.1 Å². The maximum atomic E-state index is 11.4. The first-order chi connectivity index (χ1) is 7.34. The number of ether oxygens (including phenoxy) is 1. The molecule has 1 aliphatic rings. The molecule has 80 valence electrons. The molecule has 1 aromatic carbocycles. The molecule has 1 amide bonds. The van der Waals surface area contributed by atoms with E-state index in [1.165, 1.54) is 0 Å². The first-order valence-corrected chi connectivity index (χ1v) is 5.00. The first kappa shape index (κ1) is 9.98. The third-order valence-electron chi connectivity index (χ3n) is 2.23. The number of nitrogens with one attached hydrogen (secondary N) is 2. The van der Waals surface area contributed by atoms with Crippen molar-refractivity contribution in [3.05, 3.63) is 30.3 Å². The largest absolute Gasteiger partial charge is 0.377 e. The smallest absolute Gasteiger partial charge is 0.239 e. The lowest BCUT2D eigenvalue weighted by Gasteiger charge is -2.26. The lowest BCUT2D eigenvalue weighted by Crippen LogP contribution is -2.50. The van der Waals surface area contributed by atoms with Crippen LogP contribution in [-0.2, 0) is 9.53 Å². The second kappa shape index (κ2) is 4.79. The van der Waals surface area contributed by atoms with Crippen molar-refractivity contribution in [2.45, 2.75) is 6.04 Å². The van der Waals surface area contributed by atoms with Crippen LogP contribution in [0.1, 0.15) is 0 Å². The Morgan fingerprint density at radius 3 is 2.67 bits per heavy atom. The second-order valence-corrected chi connectivity index (χ2v) is 3.52. The normalized spacial score (nSPS) is 15.5.